The summed E-state index contributed by atoms with van der Waals surface area (Å²) in [6.07, 6.45) is 2.33. The molecule has 1 unspecified atom stereocenters. The van der Waals surface area contributed by atoms with Gasteiger partial charge in [-0.05, 0) is 31.5 Å². The highest BCUT2D eigenvalue weighted by Gasteiger charge is 2.06. The molecule has 1 aromatic carbocycles. The molecule has 0 fully saturated rings. The third kappa shape index (κ3) is 4.73. The molecule has 2 aromatic rings. The number of pyridine rings is 1. The number of carbonyl (C=O) groups excluding carboxylic acids is 1. The molecular formula is C16H18FN3O2. The van der Waals surface area contributed by atoms with Crippen molar-refractivity contribution in [3.8, 4) is 11.6 Å². The van der Waals surface area contributed by atoms with Crippen molar-refractivity contribution >= 4 is 11.7 Å². The standard InChI is InChI=1S/C16H18FN3O2/c1-3-11(2)19-16(21)20-13-7-8-15(18-10-13)22-14-6-4-5-12(17)9-14/h4-11H,3H2,1-2H3,(H2,19,20,21). The first kappa shape index (κ1) is 15.8. The molecule has 0 bridgehead atoms. The molecule has 0 aliphatic heterocycles. The molecular weight excluding hydrogens is 285 g/mol. The molecule has 5 nitrogen and oxygen atoms in total. The minimum Gasteiger partial charge on any atom is -0.439 e. The van der Waals surface area contributed by atoms with Crippen LogP contribution in [-0.4, -0.2) is 17.1 Å². The Bertz CT molecular complexity index is 632. The van der Waals surface area contributed by atoms with Gasteiger partial charge in [0.15, 0.2) is 0 Å². The molecule has 0 saturated heterocycles. The number of aromatic nitrogens is 1. The molecule has 6 heteroatoms. The Kier molecular flexibility index (Phi) is 5.30. The van der Waals surface area contributed by atoms with Gasteiger partial charge in [0.2, 0.25) is 5.88 Å². The monoisotopic (exact) mass is 303 g/mol. The van der Waals surface area contributed by atoms with Crippen LogP contribution in [0.15, 0.2) is 42.6 Å². The number of hydrogen-bond donors (Lipinski definition) is 2. The van der Waals surface area contributed by atoms with Gasteiger partial charge in [-0.3, -0.25) is 0 Å². The first-order valence-corrected chi connectivity index (χ1v) is 7.04. The summed E-state index contributed by atoms with van der Waals surface area (Å²) in [6, 6.07) is 8.88. The zero-order chi connectivity index (χ0) is 15.9. The molecule has 0 aliphatic carbocycles. The van der Waals surface area contributed by atoms with Crippen molar-refractivity contribution in [3.63, 3.8) is 0 Å². The summed E-state index contributed by atoms with van der Waals surface area (Å²) < 4.78 is 18.5. The van der Waals surface area contributed by atoms with Crippen molar-refractivity contribution in [2.45, 2.75) is 26.3 Å². The summed E-state index contributed by atoms with van der Waals surface area (Å²) in [5.41, 5.74) is 0.549. The Labute approximate surface area is 128 Å². The largest absolute Gasteiger partial charge is 0.439 e. The summed E-state index contributed by atoms with van der Waals surface area (Å²) in [6.45, 7) is 3.92. The highest BCUT2D eigenvalue weighted by atomic mass is 19.1. The van der Waals surface area contributed by atoms with Gasteiger partial charge in [0.05, 0.1) is 11.9 Å². The fourth-order valence-electron chi connectivity index (χ4n) is 1.66. The minimum absolute atomic E-state index is 0.101. The van der Waals surface area contributed by atoms with E-state index < -0.39 is 0 Å². The maximum atomic E-state index is 13.1. The van der Waals surface area contributed by atoms with E-state index >= 15 is 0 Å². The maximum Gasteiger partial charge on any atom is 0.319 e. The lowest BCUT2D eigenvalue weighted by molar-refractivity contribution is 0.249. The van der Waals surface area contributed by atoms with Crippen LogP contribution >= 0.6 is 0 Å². The van der Waals surface area contributed by atoms with Crippen LogP contribution < -0.4 is 15.4 Å². The average Bonchev–Trinajstić information content (AvgIpc) is 2.49. The van der Waals surface area contributed by atoms with Crippen LogP contribution in [0.5, 0.6) is 11.6 Å². The Balaban J connectivity index is 1.94. The Hall–Kier alpha value is -2.63. The number of carbonyl (C=O) groups is 1. The summed E-state index contributed by atoms with van der Waals surface area (Å²) in [5, 5.41) is 5.47. The number of benzene rings is 1. The quantitative estimate of drug-likeness (QED) is 0.879. The Morgan fingerprint density at radius 2 is 2.18 bits per heavy atom. The van der Waals surface area contributed by atoms with Crippen LogP contribution in [0.25, 0.3) is 0 Å². The predicted octanol–water partition coefficient (Wildman–Crippen LogP) is 3.93. The van der Waals surface area contributed by atoms with Gasteiger partial charge in [0, 0.05) is 18.2 Å². The third-order valence-corrected chi connectivity index (χ3v) is 3.00. The zero-order valence-corrected chi connectivity index (χ0v) is 12.5. The lowest BCUT2D eigenvalue weighted by Gasteiger charge is -2.12. The highest BCUT2D eigenvalue weighted by Crippen LogP contribution is 2.20. The van der Waals surface area contributed by atoms with Crippen molar-refractivity contribution in [2.24, 2.45) is 0 Å². The van der Waals surface area contributed by atoms with E-state index in [2.05, 4.69) is 15.6 Å². The lowest BCUT2D eigenvalue weighted by atomic mass is 10.3. The number of halogens is 1. The van der Waals surface area contributed by atoms with Crippen molar-refractivity contribution in [3.05, 3.63) is 48.4 Å². The van der Waals surface area contributed by atoms with E-state index in [1.165, 1.54) is 18.3 Å². The molecule has 1 heterocycles. The van der Waals surface area contributed by atoms with Crippen LogP contribution in [0.4, 0.5) is 14.9 Å². The smallest absolute Gasteiger partial charge is 0.319 e. The van der Waals surface area contributed by atoms with Gasteiger partial charge in [-0.2, -0.15) is 0 Å². The molecule has 1 aromatic heterocycles. The number of ether oxygens (including phenoxy) is 1. The maximum absolute atomic E-state index is 13.1. The highest BCUT2D eigenvalue weighted by molar-refractivity contribution is 5.89. The molecule has 0 saturated carbocycles. The number of nitrogens with zero attached hydrogens (tertiary/aromatic N) is 1. The van der Waals surface area contributed by atoms with E-state index in [4.69, 9.17) is 4.74 Å². The number of hydrogen-bond acceptors (Lipinski definition) is 3. The van der Waals surface area contributed by atoms with Gasteiger partial charge in [-0.1, -0.05) is 13.0 Å². The molecule has 0 radical (unpaired) electrons. The van der Waals surface area contributed by atoms with Gasteiger partial charge in [0.1, 0.15) is 11.6 Å². The van der Waals surface area contributed by atoms with E-state index in [1.807, 2.05) is 13.8 Å². The minimum atomic E-state index is -0.377. The van der Waals surface area contributed by atoms with Gasteiger partial charge in [-0.25, -0.2) is 14.2 Å². The van der Waals surface area contributed by atoms with E-state index in [0.29, 0.717) is 17.3 Å². The summed E-state index contributed by atoms with van der Waals surface area (Å²) in [5.74, 6) is 0.304. The van der Waals surface area contributed by atoms with E-state index in [9.17, 15) is 9.18 Å². The SMILES string of the molecule is CCC(C)NC(=O)Nc1ccc(Oc2cccc(F)c2)nc1. The number of nitrogens with one attached hydrogen (secondary N) is 2. The van der Waals surface area contributed by atoms with Gasteiger partial charge < -0.3 is 15.4 Å². The fraction of sp³-hybridized carbons (Fsp3) is 0.250. The van der Waals surface area contributed by atoms with Gasteiger partial charge in [0.25, 0.3) is 0 Å². The Morgan fingerprint density at radius 1 is 1.36 bits per heavy atom. The Morgan fingerprint density at radius 3 is 2.82 bits per heavy atom. The second kappa shape index (κ2) is 7.40. The molecule has 0 spiro atoms. The van der Waals surface area contributed by atoms with Crippen LogP contribution in [0.2, 0.25) is 0 Å². The van der Waals surface area contributed by atoms with Crippen molar-refractivity contribution in [1.82, 2.24) is 10.3 Å². The summed E-state index contributed by atoms with van der Waals surface area (Å²) in [7, 11) is 0. The number of amides is 2. The molecule has 2 amide bonds. The second-order valence-corrected chi connectivity index (χ2v) is 4.85. The van der Waals surface area contributed by atoms with Crippen LogP contribution in [0, 0.1) is 5.82 Å². The molecule has 1 atom stereocenters. The van der Waals surface area contributed by atoms with Crippen molar-refractivity contribution in [2.75, 3.05) is 5.32 Å². The molecule has 116 valence electrons. The first-order valence-electron chi connectivity index (χ1n) is 7.04. The van der Waals surface area contributed by atoms with E-state index in [0.717, 1.165) is 6.42 Å². The van der Waals surface area contributed by atoms with Crippen LogP contribution in [0.1, 0.15) is 20.3 Å². The lowest BCUT2D eigenvalue weighted by Crippen LogP contribution is -2.35. The van der Waals surface area contributed by atoms with Crippen molar-refractivity contribution < 1.29 is 13.9 Å². The van der Waals surface area contributed by atoms with Crippen LogP contribution in [-0.2, 0) is 0 Å². The normalized spacial score (nSPS) is 11.6. The first-order chi connectivity index (χ1) is 10.6. The summed E-state index contributed by atoms with van der Waals surface area (Å²) >= 11 is 0. The van der Waals surface area contributed by atoms with E-state index in [-0.39, 0.29) is 17.9 Å². The summed E-state index contributed by atoms with van der Waals surface area (Å²) in [4.78, 5) is 15.7. The van der Waals surface area contributed by atoms with Gasteiger partial charge >= 0.3 is 6.03 Å². The average molecular weight is 303 g/mol. The number of anilines is 1. The third-order valence-electron chi connectivity index (χ3n) is 3.00. The van der Waals surface area contributed by atoms with E-state index in [1.54, 1.807) is 24.3 Å². The molecule has 22 heavy (non-hydrogen) atoms. The second-order valence-electron chi connectivity index (χ2n) is 4.85. The van der Waals surface area contributed by atoms with Gasteiger partial charge in [-0.15, -0.1) is 0 Å². The molecule has 0 aliphatic rings. The topological polar surface area (TPSA) is 63.2 Å². The predicted molar refractivity (Wildman–Crippen MR) is 82.6 cm³/mol. The number of urea groups is 1. The van der Waals surface area contributed by atoms with Crippen LogP contribution in [0.3, 0.4) is 0 Å². The fourth-order valence-corrected chi connectivity index (χ4v) is 1.66. The molecule has 2 N–H and O–H groups in total. The number of rotatable bonds is 5. The van der Waals surface area contributed by atoms with Crippen molar-refractivity contribution in [1.29, 1.82) is 0 Å². The zero-order valence-electron chi connectivity index (χ0n) is 12.5. The molecule has 2 rings (SSSR count).